The number of nitrogens with zero attached hydrogens (tertiary/aromatic N) is 2. The van der Waals surface area contributed by atoms with Crippen molar-refractivity contribution in [1.82, 2.24) is 36.6 Å². The average molecular weight is 740 g/mol. The molecule has 0 bridgehead atoms. The average Bonchev–Trinajstić information content (AvgIpc) is 3.55. The third-order valence-corrected chi connectivity index (χ3v) is 8.21. The zero-order valence-corrected chi connectivity index (χ0v) is 31.2. The van der Waals surface area contributed by atoms with E-state index in [4.69, 9.17) is 17.2 Å². The van der Waals surface area contributed by atoms with Gasteiger partial charge in [-0.1, -0.05) is 27.7 Å². The van der Waals surface area contributed by atoms with Crippen molar-refractivity contribution in [3.05, 3.63) is 18.2 Å². The van der Waals surface area contributed by atoms with Crippen molar-refractivity contribution in [2.45, 2.75) is 109 Å². The second kappa shape index (κ2) is 23.2. The monoisotopic (exact) mass is 739 g/mol. The number of nitrogens with one attached hydrogen (secondary N) is 6. The number of aromatic nitrogens is 2. The fourth-order valence-corrected chi connectivity index (χ4v) is 5.37. The van der Waals surface area contributed by atoms with Gasteiger partial charge in [0.2, 0.25) is 29.5 Å². The Bertz CT molecular complexity index is 1310. The highest BCUT2D eigenvalue weighted by molar-refractivity contribution is 7.98. The molecule has 0 aliphatic heterocycles. The number of hydrogen-bond donors (Lipinski definition) is 10. The molecule has 51 heavy (non-hydrogen) atoms. The van der Waals surface area contributed by atoms with Crippen LogP contribution in [-0.4, -0.2) is 111 Å². The number of guanidine groups is 1. The van der Waals surface area contributed by atoms with E-state index in [2.05, 4.69) is 41.5 Å². The number of aromatic amines is 1. The minimum Gasteiger partial charge on any atom is -0.480 e. The zero-order valence-electron chi connectivity index (χ0n) is 30.4. The van der Waals surface area contributed by atoms with Crippen LogP contribution in [0.1, 0.15) is 72.4 Å². The standard InChI is InChI=1S/C32H57N11O7S/c1-17(2)12-24(30(48)41-23(9-11-51-6)29(47)43-25(31(49)50)13-18(3)4)42-28(46)22(8-7-10-37-32(34)35)40-26(44)19(5)39-27(45)21(33)14-20-15-36-16-38-20/h15-19,21-25H,7-14,33H2,1-6H3,(H,36,38)(H,39,45)(H,40,44)(H,41,48)(H,42,46)(H,43,47)(H,49,50)(H4,34,35,37)/t19-,21-,22-,23-,24-,25-/m0/s1. The summed E-state index contributed by atoms with van der Waals surface area (Å²) >= 11 is 1.45. The fraction of sp³-hybridized carbons (Fsp3) is 0.688. The molecule has 5 amide bonds. The molecule has 0 unspecified atom stereocenters. The maximum absolute atomic E-state index is 13.7. The molecule has 0 aromatic carbocycles. The van der Waals surface area contributed by atoms with Gasteiger partial charge in [0, 0.05) is 24.9 Å². The van der Waals surface area contributed by atoms with Crippen LogP contribution in [0.5, 0.6) is 0 Å². The number of thioether (sulfide) groups is 1. The lowest BCUT2D eigenvalue weighted by molar-refractivity contribution is -0.142. The zero-order chi connectivity index (χ0) is 38.7. The highest BCUT2D eigenvalue weighted by Crippen LogP contribution is 2.11. The summed E-state index contributed by atoms with van der Waals surface area (Å²) in [6.07, 6.45) is 5.95. The number of carboxylic acid groups (broad SMARTS) is 1. The third kappa shape index (κ3) is 17.9. The minimum absolute atomic E-state index is 0.00597. The fourth-order valence-electron chi connectivity index (χ4n) is 4.90. The van der Waals surface area contributed by atoms with Crippen molar-refractivity contribution in [2.24, 2.45) is 34.0 Å². The number of imidazole rings is 1. The number of hydrogen-bond acceptors (Lipinski definition) is 10. The Morgan fingerprint density at radius 3 is 1.86 bits per heavy atom. The Balaban J connectivity index is 3.14. The van der Waals surface area contributed by atoms with Crippen molar-refractivity contribution in [3.63, 3.8) is 0 Å². The van der Waals surface area contributed by atoms with Gasteiger partial charge in [-0.15, -0.1) is 0 Å². The Hall–Kier alpha value is -4.39. The highest BCUT2D eigenvalue weighted by atomic mass is 32.2. The first-order valence-electron chi connectivity index (χ1n) is 17.0. The molecular formula is C32H57N11O7S. The number of aliphatic imine (C=N–C) groups is 1. The summed E-state index contributed by atoms with van der Waals surface area (Å²) in [5.74, 6) is -4.15. The van der Waals surface area contributed by atoms with Gasteiger partial charge in [-0.05, 0) is 62.9 Å². The van der Waals surface area contributed by atoms with Crippen LogP contribution in [-0.2, 0) is 35.2 Å². The van der Waals surface area contributed by atoms with Gasteiger partial charge in [0.1, 0.15) is 30.2 Å². The second-order valence-electron chi connectivity index (χ2n) is 13.2. The van der Waals surface area contributed by atoms with Gasteiger partial charge >= 0.3 is 5.97 Å². The van der Waals surface area contributed by atoms with Crippen LogP contribution in [0.4, 0.5) is 0 Å². The van der Waals surface area contributed by atoms with E-state index in [1.807, 2.05) is 34.0 Å². The molecular weight excluding hydrogens is 682 g/mol. The van der Waals surface area contributed by atoms with Gasteiger partial charge in [-0.3, -0.25) is 29.0 Å². The molecule has 1 rings (SSSR count). The van der Waals surface area contributed by atoms with Crippen molar-refractivity contribution >= 4 is 53.2 Å². The molecule has 0 aliphatic rings. The Morgan fingerprint density at radius 2 is 1.33 bits per heavy atom. The normalized spacial score (nSPS) is 14.7. The van der Waals surface area contributed by atoms with E-state index in [1.165, 1.54) is 31.2 Å². The predicted molar refractivity (Wildman–Crippen MR) is 195 cm³/mol. The number of carbonyl (C=O) groups is 6. The Kier molecular flexibility index (Phi) is 20.3. The van der Waals surface area contributed by atoms with Crippen LogP contribution in [0.25, 0.3) is 0 Å². The quantitative estimate of drug-likeness (QED) is 0.0337. The summed E-state index contributed by atoms with van der Waals surface area (Å²) in [5, 5.41) is 22.8. The van der Waals surface area contributed by atoms with Crippen molar-refractivity contribution in [3.8, 4) is 0 Å². The van der Waals surface area contributed by atoms with E-state index in [1.54, 1.807) is 0 Å². The first kappa shape index (κ1) is 44.6. The smallest absolute Gasteiger partial charge is 0.326 e. The number of amides is 5. The van der Waals surface area contributed by atoms with E-state index in [9.17, 15) is 33.9 Å². The Morgan fingerprint density at radius 1 is 0.804 bits per heavy atom. The molecule has 0 radical (unpaired) electrons. The van der Waals surface area contributed by atoms with Crippen molar-refractivity contribution in [1.29, 1.82) is 0 Å². The predicted octanol–water partition coefficient (Wildman–Crippen LogP) is -1.29. The van der Waals surface area contributed by atoms with Crippen LogP contribution in [0.15, 0.2) is 17.5 Å². The molecule has 1 aromatic rings. The number of H-pyrrole nitrogens is 1. The molecule has 288 valence electrons. The summed E-state index contributed by atoms with van der Waals surface area (Å²) in [4.78, 5) is 88.9. The number of rotatable bonds is 24. The van der Waals surface area contributed by atoms with Crippen molar-refractivity contribution < 1.29 is 33.9 Å². The van der Waals surface area contributed by atoms with E-state index in [0.29, 0.717) is 11.4 Å². The van der Waals surface area contributed by atoms with Gasteiger partial charge in [-0.2, -0.15) is 11.8 Å². The number of nitrogens with two attached hydrogens (primary N) is 3. The SMILES string of the molecule is CSCC[C@H](NC(=O)[C@H](CC(C)C)NC(=O)[C@H](CCCN=C(N)N)NC(=O)[C@H](C)NC(=O)[C@@H](N)Cc1cnc[nH]1)C(=O)N[C@@H](CC(C)C)C(=O)O. The lowest BCUT2D eigenvalue weighted by Gasteiger charge is -2.27. The molecule has 1 aromatic heterocycles. The largest absolute Gasteiger partial charge is 0.480 e. The summed E-state index contributed by atoms with van der Waals surface area (Å²) < 4.78 is 0. The van der Waals surface area contributed by atoms with Crippen LogP contribution in [0.3, 0.4) is 0 Å². The first-order valence-corrected chi connectivity index (χ1v) is 18.4. The third-order valence-electron chi connectivity index (χ3n) is 7.57. The van der Waals surface area contributed by atoms with E-state index in [-0.39, 0.29) is 62.9 Å². The lowest BCUT2D eigenvalue weighted by Crippen LogP contribution is -2.59. The number of carboxylic acids is 1. The van der Waals surface area contributed by atoms with Gasteiger partial charge < -0.3 is 53.9 Å². The second-order valence-corrected chi connectivity index (χ2v) is 14.2. The topological polar surface area (TPSA) is 302 Å². The molecule has 0 spiro atoms. The summed E-state index contributed by atoms with van der Waals surface area (Å²) in [6, 6.07) is -6.52. The van der Waals surface area contributed by atoms with E-state index >= 15 is 0 Å². The van der Waals surface area contributed by atoms with Crippen LogP contribution in [0, 0.1) is 11.8 Å². The van der Waals surface area contributed by atoms with Crippen LogP contribution < -0.4 is 43.8 Å². The van der Waals surface area contributed by atoms with E-state index < -0.39 is 71.8 Å². The maximum Gasteiger partial charge on any atom is 0.326 e. The molecule has 0 saturated carbocycles. The molecule has 13 N–H and O–H groups in total. The number of aliphatic carboxylic acids is 1. The summed E-state index contributed by atoms with van der Waals surface area (Å²) in [6.45, 7) is 8.97. The highest BCUT2D eigenvalue weighted by Gasteiger charge is 2.32. The molecule has 1 heterocycles. The summed E-state index contributed by atoms with van der Waals surface area (Å²) in [7, 11) is 0. The van der Waals surface area contributed by atoms with Crippen LogP contribution in [0.2, 0.25) is 0 Å². The Labute approximate surface area is 303 Å². The maximum atomic E-state index is 13.7. The molecule has 0 saturated heterocycles. The summed E-state index contributed by atoms with van der Waals surface area (Å²) in [5.41, 5.74) is 17.5. The van der Waals surface area contributed by atoms with Gasteiger partial charge in [0.25, 0.3) is 0 Å². The first-order chi connectivity index (χ1) is 23.9. The molecule has 6 atom stereocenters. The van der Waals surface area contributed by atoms with Crippen LogP contribution >= 0.6 is 11.8 Å². The van der Waals surface area contributed by atoms with Crippen molar-refractivity contribution in [2.75, 3.05) is 18.6 Å². The van der Waals surface area contributed by atoms with E-state index in [0.717, 1.165) is 0 Å². The molecule has 0 fully saturated rings. The lowest BCUT2D eigenvalue weighted by atomic mass is 10.0. The van der Waals surface area contributed by atoms with Gasteiger partial charge in [0.05, 0.1) is 12.4 Å². The van der Waals surface area contributed by atoms with Gasteiger partial charge in [0.15, 0.2) is 5.96 Å². The molecule has 0 aliphatic carbocycles. The molecule has 19 heteroatoms. The number of carbonyl (C=O) groups excluding carboxylic acids is 5. The minimum atomic E-state index is -1.18. The van der Waals surface area contributed by atoms with Gasteiger partial charge in [-0.25, -0.2) is 9.78 Å². The molecule has 18 nitrogen and oxygen atoms in total.